The second-order valence-corrected chi connectivity index (χ2v) is 8.51. The van der Waals surface area contributed by atoms with Crippen LogP contribution in [0.2, 0.25) is 0 Å². The summed E-state index contributed by atoms with van der Waals surface area (Å²) in [6.07, 6.45) is -3.64. The minimum Gasteiger partial charge on any atom is -0.475 e. The van der Waals surface area contributed by atoms with Gasteiger partial charge in [-0.15, -0.1) is 0 Å². The fraction of sp³-hybridized carbons (Fsp3) is 0.250. The first-order chi connectivity index (χ1) is 14.9. The van der Waals surface area contributed by atoms with E-state index in [0.717, 1.165) is 3.97 Å². The smallest absolute Gasteiger partial charge is 0.475 e. The van der Waals surface area contributed by atoms with E-state index in [9.17, 15) is 26.0 Å². The highest BCUT2D eigenvalue weighted by atomic mass is 32.2. The van der Waals surface area contributed by atoms with E-state index < -0.39 is 28.0 Å². The maximum absolute atomic E-state index is 14.1. The molecule has 0 bridgehead atoms. The third-order valence-electron chi connectivity index (χ3n) is 4.29. The lowest BCUT2D eigenvalue weighted by Gasteiger charge is -2.16. The summed E-state index contributed by atoms with van der Waals surface area (Å²) < 4.78 is 72.7. The topological polar surface area (TPSA) is 99.8 Å². The number of fused-ring (bicyclic) bond motifs is 1. The number of carbonyl (C=O) groups is 1. The number of halogens is 4. The number of likely N-dealkylation sites (N-methyl/N-ethyl adjacent to an activating group) is 1. The summed E-state index contributed by atoms with van der Waals surface area (Å²) in [5, 5.41) is 16.8. The molecule has 1 aromatic heterocycles. The van der Waals surface area contributed by atoms with Crippen molar-refractivity contribution >= 4 is 26.9 Å². The number of nitrogens with zero attached hydrogens (tertiary/aromatic N) is 2. The summed E-state index contributed by atoms with van der Waals surface area (Å²) >= 11 is 0. The van der Waals surface area contributed by atoms with Crippen LogP contribution in [-0.2, 0) is 21.4 Å². The number of hydrogen-bond acceptors (Lipinski definition) is 5. The normalized spacial score (nSPS) is 12.0. The number of aliphatic carboxylic acids is 1. The van der Waals surface area contributed by atoms with Gasteiger partial charge in [-0.2, -0.15) is 13.2 Å². The van der Waals surface area contributed by atoms with Crippen molar-refractivity contribution in [2.45, 2.75) is 17.6 Å². The van der Waals surface area contributed by atoms with Crippen LogP contribution in [0, 0.1) is 5.82 Å². The maximum Gasteiger partial charge on any atom is 0.490 e. The molecule has 0 saturated carbocycles. The van der Waals surface area contributed by atoms with Crippen LogP contribution >= 0.6 is 0 Å². The number of rotatable bonds is 6. The van der Waals surface area contributed by atoms with Crippen molar-refractivity contribution < 1.29 is 41.0 Å². The molecule has 0 saturated heterocycles. The van der Waals surface area contributed by atoms with Crippen LogP contribution in [-0.4, -0.2) is 59.8 Å². The minimum absolute atomic E-state index is 0.00163. The fourth-order valence-electron chi connectivity index (χ4n) is 2.84. The Morgan fingerprint density at radius 2 is 1.72 bits per heavy atom. The van der Waals surface area contributed by atoms with Crippen molar-refractivity contribution in [2.75, 3.05) is 20.2 Å². The van der Waals surface area contributed by atoms with Crippen LogP contribution in [0.25, 0.3) is 10.9 Å². The van der Waals surface area contributed by atoms with Gasteiger partial charge >= 0.3 is 12.1 Å². The number of carboxylic acids is 1. The molecule has 1 heterocycles. The lowest BCUT2D eigenvalue weighted by Crippen LogP contribution is -2.21. The van der Waals surface area contributed by atoms with Gasteiger partial charge < -0.3 is 10.2 Å². The largest absolute Gasteiger partial charge is 0.490 e. The molecule has 0 spiro atoms. The number of alkyl halides is 3. The lowest BCUT2D eigenvalue weighted by atomic mass is 10.1. The van der Waals surface area contributed by atoms with E-state index in [1.54, 1.807) is 24.3 Å². The molecule has 32 heavy (non-hydrogen) atoms. The number of benzene rings is 2. The zero-order valence-corrected chi connectivity index (χ0v) is 17.6. The molecule has 3 aromatic rings. The van der Waals surface area contributed by atoms with Crippen LogP contribution < -0.4 is 0 Å². The molecular formula is C20H20F4N2O5S. The predicted molar refractivity (Wildman–Crippen MR) is 108 cm³/mol. The molecule has 3 rings (SSSR count). The highest BCUT2D eigenvalue weighted by Gasteiger charge is 2.38. The molecule has 12 heteroatoms. The van der Waals surface area contributed by atoms with Crippen molar-refractivity contribution in [1.82, 2.24) is 8.87 Å². The highest BCUT2D eigenvalue weighted by Crippen LogP contribution is 2.26. The molecule has 7 nitrogen and oxygen atoms in total. The lowest BCUT2D eigenvalue weighted by molar-refractivity contribution is -0.192. The SMILES string of the molecule is CN(CCO)Cc1cc(F)cc2c1ccn2S(=O)(=O)c1ccccc1.O=C(O)C(F)(F)F. The van der Waals surface area contributed by atoms with Gasteiger partial charge in [0.05, 0.1) is 17.0 Å². The average Bonchev–Trinajstić information content (AvgIpc) is 3.13. The standard InChI is InChI=1S/C18H19FN2O3S.C2HF3O2/c1-20(9-10-22)13-14-11-15(19)12-18-17(14)7-8-21(18)25(23,24)16-5-3-2-4-6-16;3-2(4,5)1(6)7/h2-8,11-12,22H,9-10,13H2,1H3;(H,6,7). The van der Waals surface area contributed by atoms with Crippen LogP contribution in [0.4, 0.5) is 17.6 Å². The van der Waals surface area contributed by atoms with Gasteiger partial charge in [-0.3, -0.25) is 4.90 Å². The molecule has 0 amide bonds. The highest BCUT2D eigenvalue weighted by molar-refractivity contribution is 7.90. The Balaban J connectivity index is 0.000000451. The van der Waals surface area contributed by atoms with Gasteiger partial charge in [-0.25, -0.2) is 21.6 Å². The van der Waals surface area contributed by atoms with Crippen molar-refractivity contribution in [3.8, 4) is 0 Å². The zero-order valence-electron chi connectivity index (χ0n) is 16.8. The molecule has 174 valence electrons. The van der Waals surface area contributed by atoms with E-state index in [-0.39, 0.29) is 11.5 Å². The Morgan fingerprint density at radius 3 is 2.25 bits per heavy atom. The van der Waals surface area contributed by atoms with Crippen molar-refractivity contribution in [3.05, 3.63) is 66.1 Å². The van der Waals surface area contributed by atoms with E-state index in [0.29, 0.717) is 29.6 Å². The minimum atomic E-state index is -5.08. The summed E-state index contributed by atoms with van der Waals surface area (Å²) in [7, 11) is -1.99. The third kappa shape index (κ3) is 6.05. The molecule has 2 aromatic carbocycles. The molecule has 0 atom stereocenters. The first kappa shape index (κ1) is 25.3. The summed E-state index contributed by atoms with van der Waals surface area (Å²) in [5.74, 6) is -3.25. The Morgan fingerprint density at radius 1 is 1.12 bits per heavy atom. The summed E-state index contributed by atoms with van der Waals surface area (Å²) in [5.41, 5.74) is 0.976. The van der Waals surface area contributed by atoms with Crippen LogP contribution in [0.5, 0.6) is 0 Å². The average molecular weight is 476 g/mol. The van der Waals surface area contributed by atoms with Crippen molar-refractivity contribution in [1.29, 1.82) is 0 Å². The third-order valence-corrected chi connectivity index (χ3v) is 5.99. The second-order valence-electron chi connectivity index (χ2n) is 6.69. The van der Waals surface area contributed by atoms with Gasteiger partial charge in [0.25, 0.3) is 10.0 Å². The number of aliphatic hydroxyl groups excluding tert-OH is 1. The van der Waals surface area contributed by atoms with Gasteiger partial charge in [0.1, 0.15) is 5.82 Å². The number of aromatic nitrogens is 1. The second kappa shape index (κ2) is 10.1. The molecule has 0 aliphatic rings. The van der Waals surface area contributed by atoms with Gasteiger partial charge in [0, 0.05) is 24.7 Å². The van der Waals surface area contributed by atoms with E-state index in [2.05, 4.69) is 0 Å². The molecule has 0 fully saturated rings. The molecule has 0 aliphatic heterocycles. The number of carboxylic acid groups (broad SMARTS) is 1. The Labute approximate surface area is 181 Å². The number of aliphatic hydroxyl groups is 1. The maximum atomic E-state index is 14.1. The first-order valence-corrected chi connectivity index (χ1v) is 10.5. The quantitative estimate of drug-likeness (QED) is 0.531. The summed E-state index contributed by atoms with van der Waals surface area (Å²) in [6, 6.07) is 12.4. The fourth-order valence-corrected chi connectivity index (χ4v) is 4.20. The van der Waals surface area contributed by atoms with Crippen molar-refractivity contribution in [2.24, 2.45) is 0 Å². The van der Waals surface area contributed by atoms with Gasteiger partial charge in [0.15, 0.2) is 0 Å². The Hall–Kier alpha value is -2.96. The molecular weight excluding hydrogens is 456 g/mol. The molecule has 0 aliphatic carbocycles. The Bertz CT molecular complexity index is 1180. The monoisotopic (exact) mass is 476 g/mol. The Kier molecular flexibility index (Phi) is 7.99. The molecule has 2 N–H and O–H groups in total. The van der Waals surface area contributed by atoms with Gasteiger partial charge in [-0.1, -0.05) is 18.2 Å². The van der Waals surface area contributed by atoms with E-state index >= 15 is 0 Å². The zero-order chi connectivity index (χ0) is 24.1. The van der Waals surface area contributed by atoms with E-state index in [1.165, 1.54) is 30.5 Å². The molecule has 0 unspecified atom stereocenters. The van der Waals surface area contributed by atoms with Crippen molar-refractivity contribution in [3.63, 3.8) is 0 Å². The van der Waals surface area contributed by atoms with Gasteiger partial charge in [-0.05, 0) is 42.9 Å². The van der Waals surface area contributed by atoms with Crippen LogP contribution in [0.3, 0.4) is 0 Å². The van der Waals surface area contributed by atoms with Crippen LogP contribution in [0.1, 0.15) is 5.56 Å². The summed E-state index contributed by atoms with van der Waals surface area (Å²) in [6.45, 7) is 0.851. The van der Waals surface area contributed by atoms with E-state index in [1.807, 2.05) is 11.9 Å². The predicted octanol–water partition coefficient (Wildman–Crippen LogP) is 3.07. The summed E-state index contributed by atoms with van der Waals surface area (Å²) in [4.78, 5) is 10.9. The molecule has 0 radical (unpaired) electrons. The first-order valence-electron chi connectivity index (χ1n) is 9.07. The number of hydrogen-bond donors (Lipinski definition) is 2. The van der Waals surface area contributed by atoms with Crippen LogP contribution in [0.15, 0.2) is 59.6 Å². The van der Waals surface area contributed by atoms with Gasteiger partial charge in [0.2, 0.25) is 0 Å². The van der Waals surface area contributed by atoms with E-state index in [4.69, 9.17) is 15.0 Å².